The van der Waals surface area contributed by atoms with Gasteiger partial charge in [-0.1, -0.05) is 36.4 Å². The number of morpholine rings is 1. The van der Waals surface area contributed by atoms with Gasteiger partial charge in [-0.05, 0) is 48.6 Å². The number of H-pyrrole nitrogens is 1. The van der Waals surface area contributed by atoms with Crippen LogP contribution in [0.2, 0.25) is 0 Å². The second-order valence-corrected chi connectivity index (χ2v) is 8.70. The number of aromatic amines is 1. The molecule has 3 N–H and O–H groups in total. The van der Waals surface area contributed by atoms with Crippen molar-refractivity contribution in [1.29, 1.82) is 0 Å². The van der Waals surface area contributed by atoms with Crippen LogP contribution in [-0.2, 0) is 24.2 Å². The van der Waals surface area contributed by atoms with Gasteiger partial charge >= 0.3 is 0 Å². The Morgan fingerprint density at radius 3 is 2.85 bits per heavy atom. The zero-order valence-electron chi connectivity index (χ0n) is 19.9. The highest BCUT2D eigenvalue weighted by atomic mass is 127. The van der Waals surface area contributed by atoms with Crippen LogP contribution >= 0.6 is 24.0 Å². The molecule has 0 amide bonds. The van der Waals surface area contributed by atoms with Gasteiger partial charge in [-0.3, -0.25) is 9.89 Å². The molecule has 1 fully saturated rings. The minimum atomic E-state index is 0. The highest BCUT2D eigenvalue weighted by molar-refractivity contribution is 14.0. The van der Waals surface area contributed by atoms with Gasteiger partial charge in [0.2, 0.25) is 0 Å². The number of aryl methyl sites for hydroxylation is 1. The summed E-state index contributed by atoms with van der Waals surface area (Å²) in [5.41, 5.74) is 6.41. The molecule has 1 aliphatic heterocycles. The van der Waals surface area contributed by atoms with Gasteiger partial charge in [0.15, 0.2) is 5.96 Å². The third kappa shape index (κ3) is 7.19. The summed E-state index contributed by atoms with van der Waals surface area (Å²) in [6, 6.07) is 15.4. The number of ether oxygens (including phenoxy) is 1. The third-order valence-electron chi connectivity index (χ3n) is 6.02. The van der Waals surface area contributed by atoms with Crippen molar-refractivity contribution in [3.05, 3.63) is 70.9 Å². The Morgan fingerprint density at radius 2 is 2.03 bits per heavy atom. The summed E-state index contributed by atoms with van der Waals surface area (Å²) in [6.07, 6.45) is 3.37. The van der Waals surface area contributed by atoms with E-state index in [-0.39, 0.29) is 24.0 Å². The molecule has 3 aromatic rings. The largest absolute Gasteiger partial charge is 0.376 e. The molecule has 1 unspecified atom stereocenters. The van der Waals surface area contributed by atoms with Gasteiger partial charge in [0.1, 0.15) is 0 Å². The highest BCUT2D eigenvalue weighted by Crippen LogP contribution is 2.19. The van der Waals surface area contributed by atoms with Gasteiger partial charge in [0.25, 0.3) is 0 Å². The van der Waals surface area contributed by atoms with Crippen molar-refractivity contribution in [3.63, 3.8) is 0 Å². The van der Waals surface area contributed by atoms with Crippen LogP contribution in [0.4, 0.5) is 0 Å². The number of fused-ring (bicyclic) bond motifs is 1. The van der Waals surface area contributed by atoms with Crippen LogP contribution in [0, 0.1) is 6.92 Å². The van der Waals surface area contributed by atoms with Gasteiger partial charge in [-0.15, -0.1) is 24.0 Å². The molecule has 1 saturated heterocycles. The van der Waals surface area contributed by atoms with Crippen LogP contribution in [-0.4, -0.2) is 55.2 Å². The number of nitrogens with one attached hydrogen (secondary N) is 3. The molecule has 33 heavy (non-hydrogen) atoms. The van der Waals surface area contributed by atoms with Crippen molar-refractivity contribution in [3.8, 4) is 0 Å². The van der Waals surface area contributed by atoms with Gasteiger partial charge in [0, 0.05) is 56.9 Å². The van der Waals surface area contributed by atoms with Crippen LogP contribution in [0.15, 0.2) is 53.7 Å². The number of guanidine groups is 1. The first-order valence-electron chi connectivity index (χ1n) is 11.5. The molecule has 2 heterocycles. The van der Waals surface area contributed by atoms with Gasteiger partial charge in [-0.2, -0.15) is 0 Å². The van der Waals surface area contributed by atoms with E-state index < -0.39 is 0 Å². The maximum Gasteiger partial charge on any atom is 0.191 e. The molecular weight excluding hydrogens is 525 g/mol. The van der Waals surface area contributed by atoms with E-state index in [1.54, 1.807) is 0 Å². The van der Waals surface area contributed by atoms with Crippen molar-refractivity contribution in [1.82, 2.24) is 20.5 Å². The Hall–Kier alpha value is -2.10. The standard InChI is InChI=1S/C26H35N5O.HI/c1-19-7-8-24-23(16-29-25(24)13-19)9-10-28-26(27-3)30-15-21-5-4-6-22(14-21)18-31-11-12-32-20(2)17-31;/h4-8,13-14,16,20,29H,9-12,15,17-18H2,1-3H3,(H2,27,28,30);1H. The SMILES string of the molecule is CN=C(NCCc1c[nH]c2cc(C)ccc12)NCc1cccc(CN2CCOC(C)C2)c1.I. The lowest BCUT2D eigenvalue weighted by molar-refractivity contribution is -0.0212. The Morgan fingerprint density at radius 1 is 1.18 bits per heavy atom. The Kier molecular flexibility index (Phi) is 9.58. The van der Waals surface area contributed by atoms with Crippen molar-refractivity contribution in [2.45, 2.75) is 39.5 Å². The number of hydrogen-bond donors (Lipinski definition) is 3. The molecule has 2 aromatic carbocycles. The van der Waals surface area contributed by atoms with E-state index in [0.717, 1.165) is 51.7 Å². The fraction of sp³-hybridized carbons (Fsp3) is 0.423. The molecule has 0 saturated carbocycles. The van der Waals surface area contributed by atoms with Crippen LogP contribution in [0.25, 0.3) is 10.9 Å². The van der Waals surface area contributed by atoms with E-state index >= 15 is 0 Å². The number of aromatic nitrogens is 1. The van der Waals surface area contributed by atoms with Gasteiger partial charge in [-0.25, -0.2) is 0 Å². The van der Waals surface area contributed by atoms with Crippen LogP contribution < -0.4 is 10.6 Å². The lowest BCUT2D eigenvalue weighted by atomic mass is 10.1. The minimum Gasteiger partial charge on any atom is -0.376 e. The molecule has 0 spiro atoms. The van der Waals surface area contributed by atoms with E-state index in [0.29, 0.717) is 6.10 Å². The quantitative estimate of drug-likeness (QED) is 0.230. The van der Waals surface area contributed by atoms with Gasteiger partial charge in [0.05, 0.1) is 12.7 Å². The molecule has 178 valence electrons. The maximum absolute atomic E-state index is 5.65. The number of halogens is 1. The first-order chi connectivity index (χ1) is 15.6. The predicted molar refractivity (Wildman–Crippen MR) is 147 cm³/mol. The van der Waals surface area contributed by atoms with Crippen LogP contribution in [0.3, 0.4) is 0 Å². The molecule has 1 aliphatic rings. The van der Waals surface area contributed by atoms with E-state index in [2.05, 4.69) is 88.0 Å². The summed E-state index contributed by atoms with van der Waals surface area (Å²) in [7, 11) is 1.82. The third-order valence-corrected chi connectivity index (χ3v) is 6.02. The average Bonchev–Trinajstić information content (AvgIpc) is 3.18. The molecule has 6 nitrogen and oxygen atoms in total. The minimum absolute atomic E-state index is 0. The number of rotatable bonds is 7. The van der Waals surface area contributed by atoms with E-state index in [4.69, 9.17) is 4.74 Å². The molecular formula is C26H36IN5O. The lowest BCUT2D eigenvalue weighted by Crippen LogP contribution is -2.40. The van der Waals surface area contributed by atoms with Crippen molar-refractivity contribution in [2.24, 2.45) is 4.99 Å². The number of aliphatic imine (C=N–C) groups is 1. The summed E-state index contributed by atoms with van der Waals surface area (Å²) < 4.78 is 5.65. The van der Waals surface area contributed by atoms with Crippen molar-refractivity contribution >= 4 is 40.8 Å². The second-order valence-electron chi connectivity index (χ2n) is 8.70. The predicted octanol–water partition coefficient (Wildman–Crippen LogP) is 4.22. The van der Waals surface area contributed by atoms with E-state index in [1.807, 2.05) is 7.05 Å². The monoisotopic (exact) mass is 561 g/mol. The summed E-state index contributed by atoms with van der Waals surface area (Å²) >= 11 is 0. The Bertz CT molecular complexity index is 1060. The van der Waals surface area contributed by atoms with Crippen molar-refractivity contribution in [2.75, 3.05) is 33.3 Å². The highest BCUT2D eigenvalue weighted by Gasteiger charge is 2.16. The topological polar surface area (TPSA) is 64.7 Å². The van der Waals surface area contributed by atoms with Crippen LogP contribution in [0.1, 0.15) is 29.2 Å². The molecule has 7 heteroatoms. The molecule has 0 aliphatic carbocycles. The fourth-order valence-electron chi connectivity index (χ4n) is 4.36. The fourth-order valence-corrected chi connectivity index (χ4v) is 4.36. The number of benzene rings is 2. The second kappa shape index (κ2) is 12.4. The average molecular weight is 562 g/mol. The molecule has 0 bridgehead atoms. The molecule has 1 aromatic heterocycles. The first-order valence-corrected chi connectivity index (χ1v) is 11.5. The Balaban J connectivity index is 0.00000306. The first kappa shape index (κ1) is 25.5. The molecule has 4 rings (SSSR count). The summed E-state index contributed by atoms with van der Waals surface area (Å²) in [5, 5.41) is 8.19. The molecule has 0 radical (unpaired) electrons. The summed E-state index contributed by atoms with van der Waals surface area (Å²) in [4.78, 5) is 10.2. The smallest absolute Gasteiger partial charge is 0.191 e. The zero-order valence-corrected chi connectivity index (χ0v) is 22.2. The number of hydrogen-bond acceptors (Lipinski definition) is 3. The van der Waals surface area contributed by atoms with E-state index in [9.17, 15) is 0 Å². The van der Waals surface area contributed by atoms with E-state index in [1.165, 1.54) is 33.2 Å². The Labute approximate surface area is 214 Å². The maximum atomic E-state index is 5.65. The lowest BCUT2D eigenvalue weighted by Gasteiger charge is -2.31. The van der Waals surface area contributed by atoms with Crippen LogP contribution in [0.5, 0.6) is 0 Å². The summed E-state index contributed by atoms with van der Waals surface area (Å²) in [5.74, 6) is 0.827. The molecule has 1 atom stereocenters. The zero-order chi connectivity index (χ0) is 22.3. The normalized spacial score (nSPS) is 17.1. The number of nitrogens with zero attached hydrogens (tertiary/aromatic N) is 2. The van der Waals surface area contributed by atoms with Crippen molar-refractivity contribution < 1.29 is 4.74 Å². The summed E-state index contributed by atoms with van der Waals surface area (Å²) in [6.45, 7) is 9.63. The van der Waals surface area contributed by atoms with Gasteiger partial charge < -0.3 is 20.4 Å².